The van der Waals surface area contributed by atoms with E-state index in [1.54, 1.807) is 32.4 Å². The molecule has 0 fully saturated rings. The number of likely N-dealkylation sites (N-methyl/N-ethyl adjacent to an activating group) is 1. The molecule has 6 nitrogen and oxygen atoms in total. The first-order chi connectivity index (χ1) is 14.4. The number of amides is 1. The molecule has 2 N–H and O–H groups in total. The van der Waals surface area contributed by atoms with Gasteiger partial charge in [0.05, 0.1) is 0 Å². The molecule has 0 aromatic heterocycles. The second-order valence-corrected chi connectivity index (χ2v) is 6.76. The summed E-state index contributed by atoms with van der Waals surface area (Å²) in [5.41, 5.74) is 6.57. The van der Waals surface area contributed by atoms with Crippen molar-refractivity contribution in [3.8, 4) is 5.75 Å². The SMILES string of the molecule is COCC/C=C/c1cccc(C2(c3ccc(OC(F)F)cc3)N=C(N)N(C)C2=O)c1. The van der Waals surface area contributed by atoms with Crippen molar-refractivity contribution in [1.29, 1.82) is 0 Å². The summed E-state index contributed by atoms with van der Waals surface area (Å²) in [5, 5.41) is 0. The summed E-state index contributed by atoms with van der Waals surface area (Å²) in [7, 11) is 3.19. The lowest BCUT2D eigenvalue weighted by Gasteiger charge is -2.26. The highest BCUT2D eigenvalue weighted by molar-refractivity contribution is 6.09. The fraction of sp³-hybridized carbons (Fsp3) is 0.273. The molecule has 0 saturated carbocycles. The summed E-state index contributed by atoms with van der Waals surface area (Å²) in [6.07, 6.45) is 4.67. The molecule has 0 saturated heterocycles. The maximum atomic E-state index is 13.3. The largest absolute Gasteiger partial charge is 0.435 e. The number of carbonyl (C=O) groups excluding carboxylic acids is 1. The standard InChI is InChI=1S/C22H23F2N3O3/c1-27-19(28)22(26-21(27)25,16-9-11-18(12-10-16)30-20(23)24)17-8-5-7-15(14-17)6-3-4-13-29-2/h3,5-12,14,20H,4,13H2,1-2H3,(H2,25,26)/b6-3+. The number of benzene rings is 2. The molecule has 1 amide bonds. The number of halogens is 2. The van der Waals surface area contributed by atoms with Gasteiger partial charge in [-0.2, -0.15) is 8.78 Å². The normalized spacial score (nSPS) is 19.0. The van der Waals surface area contributed by atoms with Crippen molar-refractivity contribution in [2.45, 2.75) is 18.6 Å². The number of carbonyl (C=O) groups is 1. The van der Waals surface area contributed by atoms with E-state index < -0.39 is 12.2 Å². The van der Waals surface area contributed by atoms with Gasteiger partial charge in [-0.15, -0.1) is 0 Å². The lowest BCUT2D eigenvalue weighted by molar-refractivity contribution is -0.129. The third-order valence-electron chi connectivity index (χ3n) is 4.84. The Morgan fingerprint density at radius 3 is 2.53 bits per heavy atom. The molecule has 1 aliphatic rings. The second kappa shape index (κ2) is 9.04. The molecule has 8 heteroatoms. The Hall–Kier alpha value is -3.26. The van der Waals surface area contributed by atoms with Gasteiger partial charge in [0.1, 0.15) is 5.75 Å². The van der Waals surface area contributed by atoms with Gasteiger partial charge in [0, 0.05) is 20.8 Å². The van der Waals surface area contributed by atoms with Gasteiger partial charge in [0.25, 0.3) is 5.91 Å². The van der Waals surface area contributed by atoms with Crippen molar-refractivity contribution >= 4 is 17.9 Å². The molecular weight excluding hydrogens is 392 g/mol. The van der Waals surface area contributed by atoms with Gasteiger partial charge in [-0.3, -0.25) is 9.69 Å². The van der Waals surface area contributed by atoms with Gasteiger partial charge in [-0.25, -0.2) is 4.99 Å². The summed E-state index contributed by atoms with van der Waals surface area (Å²) < 4.78 is 34.4. The third-order valence-corrected chi connectivity index (χ3v) is 4.84. The van der Waals surface area contributed by atoms with Crippen LogP contribution in [0.5, 0.6) is 5.75 Å². The summed E-state index contributed by atoms with van der Waals surface area (Å²) in [6, 6.07) is 13.3. The van der Waals surface area contributed by atoms with Crippen molar-refractivity contribution in [3.05, 3.63) is 71.3 Å². The van der Waals surface area contributed by atoms with Crippen LogP contribution in [0.3, 0.4) is 0 Å². The first kappa shape index (κ1) is 21.4. The highest BCUT2D eigenvalue weighted by atomic mass is 19.3. The number of hydrogen-bond donors (Lipinski definition) is 1. The number of nitrogens with two attached hydrogens (primary N) is 1. The maximum Gasteiger partial charge on any atom is 0.387 e. The van der Waals surface area contributed by atoms with Crippen molar-refractivity contribution < 1.29 is 23.0 Å². The Morgan fingerprint density at radius 2 is 1.93 bits per heavy atom. The molecule has 1 aliphatic heterocycles. The molecule has 0 bridgehead atoms. The number of rotatable bonds is 8. The topological polar surface area (TPSA) is 77.2 Å². The van der Waals surface area contributed by atoms with Gasteiger partial charge in [0.2, 0.25) is 0 Å². The van der Waals surface area contributed by atoms with E-state index in [1.165, 1.54) is 17.0 Å². The van der Waals surface area contributed by atoms with Crippen LogP contribution in [-0.4, -0.2) is 44.1 Å². The van der Waals surface area contributed by atoms with Gasteiger partial charge in [-0.05, 0) is 41.3 Å². The van der Waals surface area contributed by atoms with E-state index >= 15 is 0 Å². The third kappa shape index (κ3) is 4.18. The predicted octanol–water partition coefficient (Wildman–Crippen LogP) is 3.37. The molecule has 2 aromatic rings. The van der Waals surface area contributed by atoms with Crippen LogP contribution in [0.15, 0.2) is 59.6 Å². The second-order valence-electron chi connectivity index (χ2n) is 6.76. The minimum absolute atomic E-state index is 0.00511. The molecule has 0 aliphatic carbocycles. The summed E-state index contributed by atoms with van der Waals surface area (Å²) in [4.78, 5) is 19.0. The fourth-order valence-corrected chi connectivity index (χ4v) is 3.33. The Bertz CT molecular complexity index is 960. The molecular formula is C22H23F2N3O3. The van der Waals surface area contributed by atoms with Gasteiger partial charge < -0.3 is 15.2 Å². The van der Waals surface area contributed by atoms with E-state index in [0.717, 1.165) is 12.0 Å². The minimum atomic E-state index is -2.93. The van der Waals surface area contributed by atoms with Gasteiger partial charge in [-0.1, -0.05) is 42.5 Å². The Balaban J connectivity index is 2.05. The minimum Gasteiger partial charge on any atom is -0.435 e. The average Bonchev–Trinajstić information content (AvgIpc) is 2.96. The molecule has 1 atom stereocenters. The summed E-state index contributed by atoms with van der Waals surface area (Å²) >= 11 is 0. The molecule has 3 rings (SSSR count). The zero-order valence-electron chi connectivity index (χ0n) is 16.7. The molecule has 0 spiro atoms. The summed E-state index contributed by atoms with van der Waals surface area (Å²) in [5.74, 6) is -0.258. The van der Waals surface area contributed by atoms with Crippen molar-refractivity contribution in [2.75, 3.05) is 20.8 Å². The van der Waals surface area contributed by atoms with E-state index in [0.29, 0.717) is 17.7 Å². The summed E-state index contributed by atoms with van der Waals surface area (Å²) in [6.45, 7) is -2.32. The lowest BCUT2D eigenvalue weighted by atomic mass is 9.82. The van der Waals surface area contributed by atoms with E-state index in [9.17, 15) is 13.6 Å². The van der Waals surface area contributed by atoms with Crippen LogP contribution >= 0.6 is 0 Å². The molecule has 1 heterocycles. The number of aliphatic imine (C=N–C) groups is 1. The molecule has 1 unspecified atom stereocenters. The molecule has 0 radical (unpaired) electrons. The van der Waals surface area contributed by atoms with E-state index in [-0.39, 0.29) is 17.6 Å². The first-order valence-corrected chi connectivity index (χ1v) is 9.33. The fourth-order valence-electron chi connectivity index (χ4n) is 3.33. The predicted molar refractivity (Wildman–Crippen MR) is 110 cm³/mol. The van der Waals surface area contributed by atoms with E-state index in [4.69, 9.17) is 10.5 Å². The number of alkyl halides is 2. The monoisotopic (exact) mass is 415 g/mol. The smallest absolute Gasteiger partial charge is 0.387 e. The highest BCUT2D eigenvalue weighted by Crippen LogP contribution is 2.40. The Morgan fingerprint density at radius 1 is 1.20 bits per heavy atom. The van der Waals surface area contributed by atoms with Crippen LogP contribution in [0, 0.1) is 0 Å². The van der Waals surface area contributed by atoms with E-state index in [1.807, 2.05) is 30.4 Å². The van der Waals surface area contributed by atoms with E-state index in [2.05, 4.69) is 9.73 Å². The van der Waals surface area contributed by atoms with Crippen molar-refractivity contribution in [3.63, 3.8) is 0 Å². The Labute approximate surface area is 173 Å². The lowest BCUT2D eigenvalue weighted by Crippen LogP contribution is -2.41. The zero-order chi connectivity index (χ0) is 21.7. The average molecular weight is 415 g/mol. The van der Waals surface area contributed by atoms with Gasteiger partial charge in [0.15, 0.2) is 11.5 Å². The first-order valence-electron chi connectivity index (χ1n) is 9.33. The maximum absolute atomic E-state index is 13.3. The Kier molecular flexibility index (Phi) is 6.47. The van der Waals surface area contributed by atoms with Crippen LogP contribution in [0.25, 0.3) is 6.08 Å². The van der Waals surface area contributed by atoms with Crippen molar-refractivity contribution in [2.24, 2.45) is 10.7 Å². The zero-order valence-corrected chi connectivity index (χ0v) is 16.7. The van der Waals surface area contributed by atoms with Crippen LogP contribution in [0.4, 0.5) is 8.78 Å². The van der Waals surface area contributed by atoms with Crippen LogP contribution in [0.1, 0.15) is 23.1 Å². The van der Waals surface area contributed by atoms with Crippen LogP contribution in [0.2, 0.25) is 0 Å². The number of guanidine groups is 1. The highest BCUT2D eigenvalue weighted by Gasteiger charge is 2.49. The van der Waals surface area contributed by atoms with Crippen LogP contribution in [-0.2, 0) is 15.1 Å². The van der Waals surface area contributed by atoms with Gasteiger partial charge >= 0.3 is 6.61 Å². The van der Waals surface area contributed by atoms with Crippen LogP contribution < -0.4 is 10.5 Å². The molecule has 158 valence electrons. The number of ether oxygens (including phenoxy) is 2. The molecule has 30 heavy (non-hydrogen) atoms. The number of nitrogens with zero attached hydrogens (tertiary/aromatic N) is 2. The molecule has 2 aromatic carbocycles. The number of hydrogen-bond acceptors (Lipinski definition) is 5. The quantitative estimate of drug-likeness (QED) is 0.671. The number of methoxy groups -OCH3 is 1. The van der Waals surface area contributed by atoms with Crippen molar-refractivity contribution in [1.82, 2.24) is 4.90 Å².